The smallest absolute Gasteiger partial charge is 0.166 e. The summed E-state index contributed by atoms with van der Waals surface area (Å²) in [7, 11) is 0. The number of furan rings is 1. The summed E-state index contributed by atoms with van der Waals surface area (Å²) in [5.41, 5.74) is 10.5. The molecule has 0 aliphatic heterocycles. The van der Waals surface area contributed by atoms with E-state index in [0.717, 1.165) is 86.6 Å². The monoisotopic (exact) mass is 905 g/mol. The van der Waals surface area contributed by atoms with Gasteiger partial charge in [-0.15, -0.1) is 11.3 Å². The highest BCUT2D eigenvalue weighted by atomic mass is 32.1. The van der Waals surface area contributed by atoms with Crippen molar-refractivity contribution in [2.24, 2.45) is 0 Å². The third-order valence-corrected chi connectivity index (χ3v) is 14.2. The van der Waals surface area contributed by atoms with E-state index in [1.54, 1.807) is 28.0 Å². The molecule has 4 heterocycles. The number of thiophene rings is 1. The lowest BCUT2D eigenvalue weighted by Gasteiger charge is -2.15. The Labute approximate surface area is 410 Å². The first-order chi connectivity index (χ1) is 37.1. The molecule has 0 N–H and O–H groups in total. The average Bonchev–Trinajstić information content (AvgIpc) is 4.16. The number of benzene rings is 10. The van der Waals surface area contributed by atoms with Crippen LogP contribution in [-0.2, 0) is 0 Å². The van der Waals surface area contributed by atoms with Crippen molar-refractivity contribution in [1.29, 1.82) is 0 Å². The van der Waals surface area contributed by atoms with Gasteiger partial charge in [0, 0.05) is 64.0 Å². The van der Waals surface area contributed by atoms with E-state index in [9.17, 15) is 2.74 Å². The molecule has 322 valence electrons. The highest BCUT2D eigenvalue weighted by Gasteiger charge is 2.21. The standard InChI is InChI=1S/C63H38N4OS/c1-2-16-39(17-3-1)40-18-12-20-43(36-40)61-64-62(66-63(65-61)52-25-6-10-32-56(52)67-54-30-8-4-22-47(54)48-23-5-9-31-55(48)67)44-21-13-19-41(37-44)46-27-15-29-51-53-38-42(34-35-58(53)69-60(46)51)45-26-14-28-50-49-24-7-11-33-57(49)68-59(45)50/h1-38H/i4D,5D,8D,22D,23D,30D,31D. The first-order valence-electron chi connectivity index (χ1n) is 26.1. The van der Waals surface area contributed by atoms with Crippen molar-refractivity contribution in [3.8, 4) is 73.2 Å². The molecular weight excluding hydrogens is 861 g/mol. The Morgan fingerprint density at radius 1 is 0.391 bits per heavy atom. The van der Waals surface area contributed by atoms with E-state index < -0.39 is 12.1 Å². The van der Waals surface area contributed by atoms with Crippen LogP contribution in [0, 0.1) is 0 Å². The van der Waals surface area contributed by atoms with Crippen molar-refractivity contribution in [3.05, 3.63) is 230 Å². The van der Waals surface area contributed by atoms with Gasteiger partial charge in [0.15, 0.2) is 17.5 Å². The minimum Gasteiger partial charge on any atom is -0.455 e. The van der Waals surface area contributed by atoms with E-state index in [4.69, 9.17) is 26.2 Å². The van der Waals surface area contributed by atoms with Crippen LogP contribution < -0.4 is 0 Å². The van der Waals surface area contributed by atoms with Crippen molar-refractivity contribution in [3.63, 3.8) is 0 Å². The zero-order valence-electron chi connectivity index (χ0n) is 43.5. The van der Waals surface area contributed by atoms with Crippen LogP contribution >= 0.6 is 11.3 Å². The zero-order valence-corrected chi connectivity index (χ0v) is 37.3. The molecule has 0 radical (unpaired) electrons. The van der Waals surface area contributed by atoms with Crippen LogP contribution in [0.4, 0.5) is 0 Å². The first-order valence-corrected chi connectivity index (χ1v) is 23.4. The molecule has 0 fully saturated rings. The van der Waals surface area contributed by atoms with E-state index in [2.05, 4.69) is 91.0 Å². The molecule has 0 spiro atoms. The Kier molecular flexibility index (Phi) is 7.50. The summed E-state index contributed by atoms with van der Waals surface area (Å²) in [6.45, 7) is 0. The molecular formula is C63H38N4OS. The Bertz CT molecular complexity index is 4760. The van der Waals surface area contributed by atoms with Gasteiger partial charge in [0.05, 0.1) is 26.3 Å². The van der Waals surface area contributed by atoms with Gasteiger partial charge in [-0.3, -0.25) is 0 Å². The summed E-state index contributed by atoms with van der Waals surface area (Å²) in [5, 5.41) is 4.63. The number of fused-ring (bicyclic) bond motifs is 9. The summed E-state index contributed by atoms with van der Waals surface area (Å²) >= 11 is 1.75. The van der Waals surface area contributed by atoms with E-state index in [1.165, 1.54) is 6.07 Å². The summed E-state index contributed by atoms with van der Waals surface area (Å²) in [6, 6.07) is 60.2. The highest BCUT2D eigenvalue weighted by Crippen LogP contribution is 2.44. The molecule has 4 aromatic heterocycles. The number of hydrogen-bond acceptors (Lipinski definition) is 5. The third kappa shape index (κ3) is 6.49. The number of nitrogens with zero attached hydrogens (tertiary/aromatic N) is 4. The number of para-hydroxylation sites is 5. The Morgan fingerprint density at radius 3 is 1.87 bits per heavy atom. The fourth-order valence-corrected chi connectivity index (χ4v) is 11.0. The van der Waals surface area contributed by atoms with Crippen LogP contribution in [0.15, 0.2) is 235 Å². The van der Waals surface area contributed by atoms with Crippen molar-refractivity contribution in [1.82, 2.24) is 19.5 Å². The summed E-state index contributed by atoms with van der Waals surface area (Å²) in [4.78, 5) is 15.6. The molecule has 5 nitrogen and oxygen atoms in total. The largest absolute Gasteiger partial charge is 0.455 e. The summed E-state index contributed by atoms with van der Waals surface area (Å²) in [6.07, 6.45) is 0. The van der Waals surface area contributed by atoms with Gasteiger partial charge < -0.3 is 8.98 Å². The predicted octanol–water partition coefficient (Wildman–Crippen LogP) is 17.2. The molecule has 0 saturated heterocycles. The topological polar surface area (TPSA) is 56.7 Å². The van der Waals surface area contributed by atoms with E-state index in [0.29, 0.717) is 22.9 Å². The summed E-state index contributed by atoms with van der Waals surface area (Å²) in [5.74, 6) is 1.07. The van der Waals surface area contributed by atoms with Gasteiger partial charge in [0.25, 0.3) is 0 Å². The predicted molar refractivity (Wildman–Crippen MR) is 287 cm³/mol. The molecule has 10 aromatic carbocycles. The van der Waals surface area contributed by atoms with Crippen molar-refractivity contribution < 1.29 is 14.0 Å². The Hall–Kier alpha value is -8.97. The van der Waals surface area contributed by atoms with Crippen LogP contribution in [0.25, 0.3) is 137 Å². The lowest BCUT2D eigenvalue weighted by atomic mass is 9.98. The van der Waals surface area contributed by atoms with Gasteiger partial charge in [-0.2, -0.15) is 0 Å². The second-order valence-corrected chi connectivity index (χ2v) is 18.0. The fraction of sp³-hybridized carbons (Fsp3) is 0. The molecule has 0 bridgehead atoms. The zero-order chi connectivity index (χ0) is 51.5. The normalized spacial score (nSPS) is 13.2. The van der Waals surface area contributed by atoms with Gasteiger partial charge in [-0.05, 0) is 82.4 Å². The minimum atomic E-state index is -0.469. The SMILES string of the molecule is [2H]c1cc([2H])c2c(c1[2H])c1c([2H])c([2H])c([2H])c([2H])c1n2-c1ccccc1-c1nc(-c2cccc(-c3ccccc3)c2)nc(-c2cccc(-c3cccc4c3sc3ccc(-c5cccc6c5oc5ccccc56)cc34)c2)n1. The molecule has 0 aliphatic carbocycles. The Morgan fingerprint density at radius 2 is 1.00 bits per heavy atom. The maximum absolute atomic E-state index is 9.24. The molecule has 14 rings (SSSR count). The van der Waals surface area contributed by atoms with Crippen LogP contribution in [0.3, 0.4) is 0 Å². The van der Waals surface area contributed by atoms with Gasteiger partial charge in [0.2, 0.25) is 0 Å². The second kappa shape index (κ2) is 15.8. The average molecular weight is 906 g/mol. The molecule has 0 atom stereocenters. The molecule has 0 unspecified atom stereocenters. The van der Waals surface area contributed by atoms with Gasteiger partial charge >= 0.3 is 0 Å². The van der Waals surface area contributed by atoms with Crippen molar-refractivity contribution in [2.75, 3.05) is 0 Å². The number of aromatic nitrogens is 4. The van der Waals surface area contributed by atoms with E-state index in [1.807, 2.05) is 78.9 Å². The molecule has 0 amide bonds. The van der Waals surface area contributed by atoms with Gasteiger partial charge in [0.1, 0.15) is 11.2 Å². The molecule has 14 aromatic rings. The molecule has 0 aliphatic rings. The molecule has 0 saturated carbocycles. The maximum atomic E-state index is 9.24. The fourth-order valence-electron chi connectivity index (χ4n) is 9.78. The van der Waals surface area contributed by atoms with Gasteiger partial charge in [-0.1, -0.05) is 176 Å². The highest BCUT2D eigenvalue weighted by molar-refractivity contribution is 7.26. The first kappa shape index (κ1) is 32.7. The molecule has 6 heteroatoms. The second-order valence-electron chi connectivity index (χ2n) is 17.0. The van der Waals surface area contributed by atoms with Crippen LogP contribution in [-0.4, -0.2) is 19.5 Å². The minimum absolute atomic E-state index is 0.0596. The third-order valence-electron chi connectivity index (χ3n) is 13.0. The lowest BCUT2D eigenvalue weighted by Crippen LogP contribution is -2.03. The van der Waals surface area contributed by atoms with Crippen molar-refractivity contribution >= 4 is 75.3 Å². The van der Waals surface area contributed by atoms with Crippen LogP contribution in [0.1, 0.15) is 9.60 Å². The number of rotatable bonds is 7. The Balaban J connectivity index is 0.949. The quantitative estimate of drug-likeness (QED) is 0.160. The maximum Gasteiger partial charge on any atom is 0.166 e. The molecule has 69 heavy (non-hydrogen) atoms. The van der Waals surface area contributed by atoms with E-state index in [-0.39, 0.29) is 57.8 Å². The lowest BCUT2D eigenvalue weighted by molar-refractivity contribution is 0.670. The van der Waals surface area contributed by atoms with Crippen LogP contribution in [0.5, 0.6) is 0 Å². The van der Waals surface area contributed by atoms with Gasteiger partial charge in [-0.25, -0.2) is 15.0 Å². The number of hydrogen-bond donors (Lipinski definition) is 0. The summed E-state index contributed by atoms with van der Waals surface area (Å²) < 4.78 is 72.9. The van der Waals surface area contributed by atoms with Crippen LogP contribution in [0.2, 0.25) is 0 Å². The van der Waals surface area contributed by atoms with Crippen molar-refractivity contribution in [2.45, 2.75) is 0 Å². The van der Waals surface area contributed by atoms with E-state index >= 15 is 0 Å².